The molecule has 0 unspecified atom stereocenters. The van der Waals surface area contributed by atoms with Crippen LogP contribution in [0.4, 0.5) is 0 Å². The molecule has 0 fully saturated rings. The third-order valence-electron chi connectivity index (χ3n) is 4.30. The molecule has 150 valence electrons. The number of thioether (sulfide) groups is 1. The zero-order valence-corrected chi connectivity index (χ0v) is 18.6. The first-order valence-corrected chi connectivity index (χ1v) is 11.0. The first-order chi connectivity index (χ1) is 14.1. The highest BCUT2D eigenvalue weighted by molar-refractivity contribution is 9.10. The maximum atomic E-state index is 12.4. The van der Waals surface area contributed by atoms with Crippen LogP contribution < -0.4 is 4.74 Å². The highest BCUT2D eigenvalue weighted by Gasteiger charge is 2.15. The number of hydrogen-bond acceptors (Lipinski definition) is 5. The van der Waals surface area contributed by atoms with Gasteiger partial charge in [-0.15, -0.1) is 16.8 Å². The Morgan fingerprint density at radius 1 is 1.17 bits per heavy atom. The zero-order chi connectivity index (χ0) is 20.6. The van der Waals surface area contributed by atoms with E-state index in [1.54, 1.807) is 6.08 Å². The van der Waals surface area contributed by atoms with Gasteiger partial charge in [0.05, 0.1) is 5.75 Å². The Balaban J connectivity index is 1.64. The van der Waals surface area contributed by atoms with E-state index in [1.807, 2.05) is 41.0 Å². The van der Waals surface area contributed by atoms with E-state index in [0.29, 0.717) is 29.7 Å². The van der Waals surface area contributed by atoms with Crippen LogP contribution in [0.15, 0.2) is 70.8 Å². The molecule has 5 nitrogen and oxygen atoms in total. The van der Waals surface area contributed by atoms with Gasteiger partial charge in [-0.2, -0.15) is 0 Å². The Bertz CT molecular complexity index is 969. The molecule has 1 heterocycles. The van der Waals surface area contributed by atoms with Crippen LogP contribution in [0.5, 0.6) is 5.75 Å². The van der Waals surface area contributed by atoms with E-state index in [2.05, 4.69) is 51.8 Å². The van der Waals surface area contributed by atoms with E-state index < -0.39 is 0 Å². The summed E-state index contributed by atoms with van der Waals surface area (Å²) in [6.45, 7) is 6.78. The Morgan fingerprint density at radius 2 is 1.90 bits per heavy atom. The normalized spacial score (nSPS) is 10.7. The molecule has 0 spiro atoms. The SMILES string of the molecule is C=CCn1c(COc2ccc(CC)cc2)nnc1SCC(=O)c1ccc(Br)cc1. The summed E-state index contributed by atoms with van der Waals surface area (Å²) < 4.78 is 8.73. The van der Waals surface area contributed by atoms with E-state index in [1.165, 1.54) is 17.3 Å². The van der Waals surface area contributed by atoms with Gasteiger partial charge in [-0.1, -0.05) is 65.0 Å². The number of rotatable bonds is 10. The van der Waals surface area contributed by atoms with Gasteiger partial charge < -0.3 is 4.74 Å². The van der Waals surface area contributed by atoms with E-state index in [9.17, 15) is 4.79 Å². The molecular weight excluding hydrogens is 450 g/mol. The van der Waals surface area contributed by atoms with Crippen LogP contribution in [0.3, 0.4) is 0 Å². The molecule has 29 heavy (non-hydrogen) atoms. The van der Waals surface area contributed by atoms with Crippen molar-refractivity contribution in [1.29, 1.82) is 0 Å². The lowest BCUT2D eigenvalue weighted by atomic mass is 10.2. The molecule has 0 aliphatic rings. The van der Waals surface area contributed by atoms with Crippen molar-refractivity contribution in [2.75, 3.05) is 5.75 Å². The fraction of sp³-hybridized carbons (Fsp3) is 0.227. The number of aryl methyl sites for hydroxylation is 1. The molecule has 1 aromatic heterocycles. The molecule has 0 saturated carbocycles. The number of carbonyl (C=O) groups is 1. The second-order valence-electron chi connectivity index (χ2n) is 6.30. The Kier molecular flexibility index (Phi) is 7.66. The summed E-state index contributed by atoms with van der Waals surface area (Å²) in [5.74, 6) is 1.82. The van der Waals surface area contributed by atoms with Crippen molar-refractivity contribution in [1.82, 2.24) is 14.8 Å². The standard InChI is InChI=1S/C22H22BrN3O2S/c1-3-13-26-21(14-28-19-11-5-16(4-2)6-12-19)24-25-22(26)29-15-20(27)17-7-9-18(23)10-8-17/h3,5-12H,1,4,13-15H2,2H3. The highest BCUT2D eigenvalue weighted by atomic mass is 79.9. The molecule has 0 amide bonds. The van der Waals surface area contributed by atoms with Gasteiger partial charge in [0.1, 0.15) is 12.4 Å². The second-order valence-corrected chi connectivity index (χ2v) is 8.16. The first kappa shape index (κ1) is 21.3. The Morgan fingerprint density at radius 3 is 2.55 bits per heavy atom. The van der Waals surface area contributed by atoms with Crippen molar-refractivity contribution < 1.29 is 9.53 Å². The summed E-state index contributed by atoms with van der Waals surface area (Å²) in [4.78, 5) is 12.4. The molecule has 7 heteroatoms. The lowest BCUT2D eigenvalue weighted by Gasteiger charge is -2.09. The van der Waals surface area contributed by atoms with Gasteiger partial charge in [0.15, 0.2) is 16.8 Å². The van der Waals surface area contributed by atoms with Crippen molar-refractivity contribution in [3.8, 4) is 5.75 Å². The molecular formula is C22H22BrN3O2S. The van der Waals surface area contributed by atoms with Gasteiger partial charge in [-0.05, 0) is 36.2 Å². The number of allylic oxidation sites excluding steroid dienone is 1. The van der Waals surface area contributed by atoms with Crippen molar-refractivity contribution in [2.45, 2.75) is 31.7 Å². The molecule has 0 radical (unpaired) electrons. The molecule has 0 aliphatic heterocycles. The average Bonchev–Trinajstić information content (AvgIpc) is 3.13. The lowest BCUT2D eigenvalue weighted by Crippen LogP contribution is -2.09. The molecule has 3 aromatic rings. The smallest absolute Gasteiger partial charge is 0.192 e. The molecule has 0 saturated heterocycles. The number of halogens is 1. The summed E-state index contributed by atoms with van der Waals surface area (Å²) in [6.07, 6.45) is 2.77. The quantitative estimate of drug-likeness (QED) is 0.226. The fourth-order valence-corrected chi connectivity index (χ4v) is 3.79. The second kappa shape index (κ2) is 10.4. The molecule has 2 aromatic carbocycles. The molecule has 0 bridgehead atoms. The predicted octanol–water partition coefficient (Wildman–Crippen LogP) is 5.34. The number of carbonyl (C=O) groups excluding carboxylic acids is 1. The molecule has 0 aliphatic carbocycles. The highest BCUT2D eigenvalue weighted by Crippen LogP contribution is 2.21. The van der Waals surface area contributed by atoms with E-state index >= 15 is 0 Å². The number of nitrogens with zero attached hydrogens (tertiary/aromatic N) is 3. The number of aromatic nitrogens is 3. The average molecular weight is 472 g/mol. The van der Waals surface area contributed by atoms with Gasteiger partial charge in [0.2, 0.25) is 0 Å². The number of ketones is 1. The van der Waals surface area contributed by atoms with Gasteiger partial charge in [-0.3, -0.25) is 9.36 Å². The molecule has 3 rings (SSSR count). The zero-order valence-electron chi connectivity index (χ0n) is 16.2. The number of ether oxygens (including phenoxy) is 1. The van der Waals surface area contributed by atoms with Crippen LogP contribution in [0.2, 0.25) is 0 Å². The number of hydrogen-bond donors (Lipinski definition) is 0. The maximum absolute atomic E-state index is 12.4. The van der Waals surface area contributed by atoms with E-state index in [0.717, 1.165) is 16.6 Å². The predicted molar refractivity (Wildman–Crippen MR) is 120 cm³/mol. The topological polar surface area (TPSA) is 57.0 Å². The number of benzene rings is 2. The minimum absolute atomic E-state index is 0.0458. The Labute approximate surface area is 183 Å². The van der Waals surface area contributed by atoms with Crippen LogP contribution in [0.25, 0.3) is 0 Å². The van der Waals surface area contributed by atoms with E-state index in [4.69, 9.17) is 4.74 Å². The third-order valence-corrected chi connectivity index (χ3v) is 5.80. The van der Waals surface area contributed by atoms with Gasteiger partial charge in [0, 0.05) is 16.6 Å². The monoisotopic (exact) mass is 471 g/mol. The van der Waals surface area contributed by atoms with Crippen molar-refractivity contribution in [2.24, 2.45) is 0 Å². The van der Waals surface area contributed by atoms with Crippen LogP contribution in [0.1, 0.15) is 28.7 Å². The summed E-state index contributed by atoms with van der Waals surface area (Å²) in [5, 5.41) is 9.17. The van der Waals surface area contributed by atoms with Crippen LogP contribution in [-0.4, -0.2) is 26.3 Å². The van der Waals surface area contributed by atoms with E-state index in [-0.39, 0.29) is 11.5 Å². The van der Waals surface area contributed by atoms with Crippen molar-refractivity contribution in [3.63, 3.8) is 0 Å². The first-order valence-electron chi connectivity index (χ1n) is 9.27. The van der Waals surface area contributed by atoms with Gasteiger partial charge >= 0.3 is 0 Å². The summed E-state index contributed by atoms with van der Waals surface area (Å²) in [7, 11) is 0. The van der Waals surface area contributed by atoms with Crippen LogP contribution in [0, 0.1) is 0 Å². The fourth-order valence-electron chi connectivity index (χ4n) is 2.66. The lowest BCUT2D eigenvalue weighted by molar-refractivity contribution is 0.102. The van der Waals surface area contributed by atoms with Gasteiger partial charge in [0.25, 0.3) is 0 Å². The molecule has 0 atom stereocenters. The molecule has 0 N–H and O–H groups in total. The summed E-state index contributed by atoms with van der Waals surface area (Å²) >= 11 is 4.75. The minimum Gasteiger partial charge on any atom is -0.486 e. The van der Waals surface area contributed by atoms with Crippen molar-refractivity contribution >= 4 is 33.5 Å². The Hall–Kier alpha value is -2.38. The van der Waals surface area contributed by atoms with Gasteiger partial charge in [-0.25, -0.2) is 0 Å². The van der Waals surface area contributed by atoms with Crippen LogP contribution >= 0.6 is 27.7 Å². The minimum atomic E-state index is 0.0458. The summed E-state index contributed by atoms with van der Waals surface area (Å²) in [5.41, 5.74) is 1.94. The van der Waals surface area contributed by atoms with Crippen molar-refractivity contribution in [3.05, 3.63) is 82.6 Å². The summed E-state index contributed by atoms with van der Waals surface area (Å²) in [6, 6.07) is 15.4. The maximum Gasteiger partial charge on any atom is 0.192 e. The largest absolute Gasteiger partial charge is 0.486 e. The third kappa shape index (κ3) is 5.81. The van der Waals surface area contributed by atoms with Crippen LogP contribution in [-0.2, 0) is 19.6 Å². The number of Topliss-reactive ketones (excluding diaryl/α,β-unsaturated/α-hetero) is 1.